The zero-order chi connectivity index (χ0) is 51.9. The average Bonchev–Trinajstić information content (AvgIpc) is 4.29. The van der Waals surface area contributed by atoms with Crippen LogP contribution in [0.4, 0.5) is 0 Å². The molecule has 0 spiro atoms. The van der Waals surface area contributed by atoms with Gasteiger partial charge in [-0.2, -0.15) is 0 Å². The smallest absolute Gasteiger partial charge is 0.240 e. The highest BCUT2D eigenvalue weighted by Gasteiger charge is 2.64. The number of hydrogen-bond donors (Lipinski definition) is 4. The van der Waals surface area contributed by atoms with Crippen LogP contribution in [-0.4, -0.2) is 105 Å². The lowest BCUT2D eigenvalue weighted by molar-refractivity contribution is 0.247. The van der Waals surface area contributed by atoms with Gasteiger partial charge in [-0.3, -0.25) is 0 Å². The van der Waals surface area contributed by atoms with Gasteiger partial charge in [0.2, 0.25) is 40.1 Å². The van der Waals surface area contributed by atoms with E-state index in [1.807, 2.05) is 55.4 Å². The molecule has 4 aromatic carbocycles. The van der Waals surface area contributed by atoms with E-state index in [-0.39, 0.29) is 71.0 Å². The Balaban J connectivity index is 0.000000119. The number of benzene rings is 4. The number of aryl methyl sites for hydroxylation is 4. The van der Waals surface area contributed by atoms with Crippen molar-refractivity contribution in [2.24, 2.45) is 0 Å². The van der Waals surface area contributed by atoms with Gasteiger partial charge >= 0.3 is 0 Å². The highest BCUT2D eigenvalue weighted by atomic mass is 32.2. The first-order valence-corrected chi connectivity index (χ1v) is 30.6. The average molecular weight is 1070 g/mol. The molecule has 0 radical (unpaired) electrons. The van der Waals surface area contributed by atoms with Gasteiger partial charge in [0.1, 0.15) is 24.4 Å². The van der Waals surface area contributed by atoms with Gasteiger partial charge in [-0.25, -0.2) is 52.6 Å². The van der Waals surface area contributed by atoms with Crippen molar-refractivity contribution in [3.8, 4) is 0 Å². The minimum Gasteiger partial charge on any atom is -0.365 e. The van der Waals surface area contributed by atoms with E-state index in [2.05, 4.69) is 18.9 Å². The molecule has 4 heterocycles. The van der Waals surface area contributed by atoms with Gasteiger partial charge in [0.15, 0.2) is 0 Å². The predicted octanol–water partition coefficient (Wildman–Crippen LogP) is 6.37. The number of epoxide rings is 4. The van der Waals surface area contributed by atoms with E-state index >= 15 is 0 Å². The Kier molecular flexibility index (Phi) is 14.2. The molecule has 4 saturated heterocycles. The van der Waals surface area contributed by atoms with Gasteiger partial charge in [0.25, 0.3) is 0 Å². The second-order valence-corrected chi connectivity index (χ2v) is 28.6. The molecule has 4 saturated carbocycles. The zero-order valence-corrected chi connectivity index (χ0v) is 45.3. The minimum absolute atomic E-state index is 0.0534. The summed E-state index contributed by atoms with van der Waals surface area (Å²) in [4.78, 5) is 1.29. The fourth-order valence-corrected chi connectivity index (χ4v) is 15.7. The summed E-state index contributed by atoms with van der Waals surface area (Å²) in [6.45, 7) is 15.9. The van der Waals surface area contributed by atoms with Crippen LogP contribution < -0.4 is 18.9 Å². The Hall–Kier alpha value is -3.64. The van der Waals surface area contributed by atoms with Gasteiger partial charge in [-0.05, 0) is 155 Å². The standard InChI is InChI=1S/4C13H17NO3S/c4*1-9-3-5-10(6-4-9)18(15,16)14-11-7-8-13(2)12(11)17-13/h4*3-6,11-12,14H,7-8H2,1-2H3/t4*11-,12-,13+/m1100/s1. The molecule has 0 aromatic heterocycles. The van der Waals surface area contributed by atoms with Gasteiger partial charge in [-0.15, -0.1) is 0 Å². The summed E-state index contributed by atoms with van der Waals surface area (Å²) in [5, 5.41) is 0. The lowest BCUT2D eigenvalue weighted by Crippen LogP contribution is -2.37. The molecule has 4 aliphatic carbocycles. The molecule has 4 aromatic rings. The third kappa shape index (κ3) is 11.6. The van der Waals surface area contributed by atoms with Crippen molar-refractivity contribution < 1.29 is 52.6 Å². The molecule has 12 atom stereocenters. The van der Waals surface area contributed by atoms with Crippen molar-refractivity contribution in [2.75, 3.05) is 0 Å². The first-order chi connectivity index (χ1) is 33.6. The van der Waals surface area contributed by atoms with Gasteiger partial charge in [0, 0.05) is 0 Å². The molecule has 4 N–H and O–H groups in total. The van der Waals surface area contributed by atoms with Crippen molar-refractivity contribution in [1.29, 1.82) is 0 Å². The number of hydrogen-bond acceptors (Lipinski definition) is 12. The summed E-state index contributed by atoms with van der Waals surface area (Å²) in [6, 6.07) is 27.2. The molecular formula is C52H68N4O12S4. The third-order valence-corrected chi connectivity index (χ3v) is 21.6. The monoisotopic (exact) mass is 1070 g/mol. The first kappa shape index (κ1) is 53.2. The van der Waals surface area contributed by atoms with E-state index < -0.39 is 40.1 Å². The Morgan fingerprint density at radius 3 is 0.625 bits per heavy atom. The second-order valence-electron chi connectivity index (χ2n) is 21.7. The fraction of sp³-hybridized carbons (Fsp3) is 0.538. The SMILES string of the molecule is Cc1ccc(S(=O)(=O)N[C@@H]2CC[C@]3(C)O[C@H]23)cc1.Cc1ccc(S(=O)(=O)N[C@@H]2CC[C@]3(C)O[C@H]23)cc1.Cc1ccc(S(=O)(=O)N[C@H]2CC[C@@]3(C)O[C@@H]23)cc1.Cc1ccc(S(=O)(=O)N[C@H]2CC[C@@]3(C)O[C@@H]23)cc1. The van der Waals surface area contributed by atoms with E-state index in [0.29, 0.717) is 19.6 Å². The molecule has 12 rings (SSSR count). The third-order valence-electron chi connectivity index (χ3n) is 15.6. The minimum atomic E-state index is -3.42. The van der Waals surface area contributed by atoms with Crippen LogP contribution in [-0.2, 0) is 59.0 Å². The Labute approximate surface area is 425 Å². The predicted molar refractivity (Wildman–Crippen MR) is 271 cm³/mol. The molecule has 8 aliphatic rings. The summed E-state index contributed by atoms with van der Waals surface area (Å²) >= 11 is 0. The summed E-state index contributed by atoms with van der Waals surface area (Å²) in [6.07, 6.45) is 7.34. The number of rotatable bonds is 12. The Morgan fingerprint density at radius 2 is 0.500 bits per heavy atom. The van der Waals surface area contributed by atoms with Crippen LogP contribution in [0, 0.1) is 27.7 Å². The lowest BCUT2D eigenvalue weighted by atomic mass is 10.1. The molecule has 0 unspecified atom stereocenters. The van der Waals surface area contributed by atoms with Crippen molar-refractivity contribution in [3.05, 3.63) is 119 Å². The summed E-state index contributed by atoms with van der Waals surface area (Å²) < 4.78 is 131. The highest BCUT2D eigenvalue weighted by molar-refractivity contribution is 7.90. The Bertz CT molecular complexity index is 2690. The van der Waals surface area contributed by atoms with Crippen LogP contribution in [0.1, 0.15) is 101 Å². The van der Waals surface area contributed by atoms with E-state index in [1.54, 1.807) is 97.1 Å². The normalized spacial score (nSPS) is 34.3. The molecule has 16 nitrogen and oxygen atoms in total. The quantitative estimate of drug-likeness (QED) is 0.113. The van der Waals surface area contributed by atoms with Crippen LogP contribution in [0.2, 0.25) is 0 Å². The molecule has 0 bridgehead atoms. The summed E-state index contributed by atoms with van der Waals surface area (Å²) in [7, 11) is -13.7. The summed E-state index contributed by atoms with van der Waals surface area (Å²) in [5.41, 5.74) is 3.86. The van der Waals surface area contributed by atoms with Crippen LogP contribution in [0.3, 0.4) is 0 Å². The maximum absolute atomic E-state index is 12.2. The first-order valence-electron chi connectivity index (χ1n) is 24.7. The molecule has 20 heteroatoms. The molecule has 72 heavy (non-hydrogen) atoms. The highest BCUT2D eigenvalue weighted by Crippen LogP contribution is 2.52. The fourth-order valence-electron chi connectivity index (χ4n) is 10.7. The molecule has 8 fully saturated rings. The van der Waals surface area contributed by atoms with Crippen molar-refractivity contribution in [1.82, 2.24) is 18.9 Å². The molecule has 0 amide bonds. The van der Waals surface area contributed by atoms with Gasteiger partial charge < -0.3 is 18.9 Å². The second kappa shape index (κ2) is 19.2. The lowest BCUT2D eigenvalue weighted by Gasteiger charge is -2.13. The van der Waals surface area contributed by atoms with Crippen LogP contribution in [0.15, 0.2) is 117 Å². The van der Waals surface area contributed by atoms with E-state index in [0.717, 1.165) is 73.6 Å². The topological polar surface area (TPSA) is 235 Å². The number of fused-ring (bicyclic) bond motifs is 4. The zero-order valence-electron chi connectivity index (χ0n) is 42.0. The number of nitrogens with one attached hydrogen (secondary N) is 4. The largest absolute Gasteiger partial charge is 0.365 e. The van der Waals surface area contributed by atoms with Gasteiger partial charge in [0.05, 0.1) is 66.2 Å². The van der Waals surface area contributed by atoms with Crippen LogP contribution in [0.5, 0.6) is 0 Å². The molecule has 392 valence electrons. The van der Waals surface area contributed by atoms with E-state index in [4.69, 9.17) is 18.9 Å². The Morgan fingerprint density at radius 1 is 0.333 bits per heavy atom. The maximum Gasteiger partial charge on any atom is 0.240 e. The number of ether oxygens (including phenoxy) is 4. The maximum atomic E-state index is 12.2. The van der Waals surface area contributed by atoms with Crippen LogP contribution in [0.25, 0.3) is 0 Å². The number of sulfonamides is 4. The van der Waals surface area contributed by atoms with Gasteiger partial charge in [-0.1, -0.05) is 70.8 Å². The molecule has 4 aliphatic heterocycles. The molecular weight excluding hydrogens is 1000 g/mol. The van der Waals surface area contributed by atoms with E-state index in [9.17, 15) is 33.7 Å². The van der Waals surface area contributed by atoms with E-state index in [1.165, 1.54) is 0 Å². The van der Waals surface area contributed by atoms with Crippen molar-refractivity contribution in [3.63, 3.8) is 0 Å². The van der Waals surface area contributed by atoms with Crippen molar-refractivity contribution >= 4 is 40.1 Å². The van der Waals surface area contributed by atoms with Crippen molar-refractivity contribution in [2.45, 2.75) is 197 Å². The summed E-state index contributed by atoms with van der Waals surface area (Å²) in [5.74, 6) is 0. The van der Waals surface area contributed by atoms with Crippen LogP contribution >= 0.6 is 0 Å².